The monoisotopic (exact) mass is 438 g/mol. The van der Waals surface area contributed by atoms with Crippen LogP contribution >= 0.6 is 15.8 Å². The van der Waals surface area contributed by atoms with Gasteiger partial charge in [-0.15, -0.1) is 0 Å². The summed E-state index contributed by atoms with van der Waals surface area (Å²) < 4.78 is 7.03. The van der Waals surface area contributed by atoms with Crippen molar-refractivity contribution in [3.8, 4) is 11.5 Å². The van der Waals surface area contributed by atoms with Crippen LogP contribution in [0.2, 0.25) is 0 Å². The van der Waals surface area contributed by atoms with Crippen LogP contribution in [0.25, 0.3) is 0 Å². The van der Waals surface area contributed by atoms with Crippen molar-refractivity contribution in [1.82, 2.24) is 0 Å². The van der Waals surface area contributed by atoms with Crippen LogP contribution in [0.1, 0.15) is 78.4 Å². The summed E-state index contributed by atoms with van der Waals surface area (Å²) in [5.41, 5.74) is 5.94. The maximum Gasteiger partial charge on any atom is 0.139 e. The van der Waals surface area contributed by atoms with Crippen molar-refractivity contribution < 1.29 is 4.74 Å². The first-order valence-corrected chi connectivity index (χ1v) is 14.8. The molecule has 0 spiro atoms. The molecule has 0 saturated carbocycles. The fourth-order valence-corrected chi connectivity index (χ4v) is 12.9. The average Bonchev–Trinajstić information content (AvgIpc) is 3.22. The highest BCUT2D eigenvalue weighted by Gasteiger charge is 2.42. The Hall–Kier alpha value is -0.900. The van der Waals surface area contributed by atoms with E-state index in [1.165, 1.54) is 58.9 Å². The Labute approximate surface area is 185 Å². The summed E-state index contributed by atoms with van der Waals surface area (Å²) in [5.74, 6) is 2.42. The standard InChI is InChI=1S/C27H36OP2/c1-17-13-14-18(2)29(17)23-11-7-9-21-25(23)28-26-22(27(21,5)6)10-8-12-24(26)30-19(3)15-16-20(30)4/h7-12,17-20H,13-16H2,1-6H3/t17-,18-,19-,20-/m1/s1. The molecular formula is C27H36OP2. The molecule has 0 radical (unpaired) electrons. The van der Waals surface area contributed by atoms with E-state index < -0.39 is 0 Å². The van der Waals surface area contributed by atoms with E-state index in [-0.39, 0.29) is 21.3 Å². The maximum atomic E-state index is 7.03. The van der Waals surface area contributed by atoms with Gasteiger partial charge in [0, 0.05) is 27.2 Å². The van der Waals surface area contributed by atoms with Crippen LogP contribution in [0, 0.1) is 0 Å². The van der Waals surface area contributed by atoms with Crippen LogP contribution in [0.4, 0.5) is 0 Å². The van der Waals surface area contributed by atoms with E-state index in [2.05, 4.69) is 77.9 Å². The van der Waals surface area contributed by atoms with Crippen LogP contribution < -0.4 is 15.3 Å². The first kappa shape index (κ1) is 21.0. The summed E-state index contributed by atoms with van der Waals surface area (Å²) in [6.45, 7) is 14.7. The van der Waals surface area contributed by atoms with Crippen molar-refractivity contribution in [3.63, 3.8) is 0 Å². The number of rotatable bonds is 2. The minimum Gasteiger partial charge on any atom is -0.455 e. The summed E-state index contributed by atoms with van der Waals surface area (Å²) in [7, 11) is -0.330. The van der Waals surface area contributed by atoms with E-state index in [1.54, 1.807) is 0 Å². The fraction of sp³-hybridized carbons (Fsp3) is 0.556. The second-order valence-corrected chi connectivity index (χ2v) is 16.5. The molecule has 2 saturated heterocycles. The molecular weight excluding hydrogens is 402 g/mol. The molecule has 0 N–H and O–H groups in total. The Morgan fingerprint density at radius 1 is 0.667 bits per heavy atom. The normalized spacial score (nSPS) is 30.7. The molecule has 0 unspecified atom stereocenters. The smallest absolute Gasteiger partial charge is 0.139 e. The van der Waals surface area contributed by atoms with Gasteiger partial charge in [-0.2, -0.15) is 0 Å². The number of ether oxygens (including phenoxy) is 1. The summed E-state index contributed by atoms with van der Waals surface area (Å²) >= 11 is 0. The van der Waals surface area contributed by atoms with Crippen molar-refractivity contribution in [2.24, 2.45) is 0 Å². The SMILES string of the molecule is C[C@@H]1CC[C@@H](C)P1c1cccc2c1Oc1c(P3[C@H](C)CC[C@H]3C)cccc1C2(C)C. The van der Waals surface area contributed by atoms with Crippen molar-refractivity contribution in [3.05, 3.63) is 47.5 Å². The summed E-state index contributed by atoms with van der Waals surface area (Å²) in [6, 6.07) is 14.0. The highest BCUT2D eigenvalue weighted by molar-refractivity contribution is 7.68. The molecule has 0 amide bonds. The van der Waals surface area contributed by atoms with E-state index in [0.29, 0.717) is 0 Å². The number of benzene rings is 2. The van der Waals surface area contributed by atoms with Gasteiger partial charge < -0.3 is 4.74 Å². The Morgan fingerprint density at radius 2 is 1.03 bits per heavy atom. The van der Waals surface area contributed by atoms with Gasteiger partial charge in [-0.3, -0.25) is 0 Å². The Morgan fingerprint density at radius 3 is 1.40 bits per heavy atom. The zero-order valence-electron chi connectivity index (χ0n) is 19.4. The molecule has 5 rings (SSSR count). The molecule has 2 aromatic rings. The molecule has 3 aliphatic heterocycles. The van der Waals surface area contributed by atoms with Crippen molar-refractivity contribution in [2.75, 3.05) is 0 Å². The van der Waals surface area contributed by atoms with Crippen LogP contribution in [0.3, 0.4) is 0 Å². The van der Waals surface area contributed by atoms with E-state index in [4.69, 9.17) is 4.74 Å². The first-order valence-electron chi connectivity index (χ1n) is 11.8. The Bertz CT molecular complexity index is 870. The third kappa shape index (κ3) is 3.11. The van der Waals surface area contributed by atoms with Crippen LogP contribution in [0.5, 0.6) is 11.5 Å². The topological polar surface area (TPSA) is 9.23 Å². The third-order valence-electron chi connectivity index (χ3n) is 8.00. The lowest BCUT2D eigenvalue weighted by Gasteiger charge is -2.39. The third-order valence-corrected chi connectivity index (χ3v) is 14.6. The van der Waals surface area contributed by atoms with Gasteiger partial charge >= 0.3 is 0 Å². The fourth-order valence-electron chi connectivity index (χ4n) is 6.24. The lowest BCUT2D eigenvalue weighted by atomic mass is 9.76. The van der Waals surface area contributed by atoms with E-state index in [1.807, 2.05) is 0 Å². The van der Waals surface area contributed by atoms with Gasteiger partial charge in [-0.25, -0.2) is 0 Å². The minimum absolute atomic E-state index is 0.0159. The molecule has 2 fully saturated rings. The zero-order valence-corrected chi connectivity index (χ0v) is 21.2. The second-order valence-electron chi connectivity index (χ2n) is 10.4. The second kappa shape index (κ2) is 7.60. The molecule has 0 bridgehead atoms. The summed E-state index contributed by atoms with van der Waals surface area (Å²) in [5, 5.41) is 3.04. The predicted octanol–water partition coefficient (Wildman–Crippen LogP) is 7.47. The molecule has 3 aliphatic rings. The molecule has 1 nitrogen and oxygen atoms in total. The van der Waals surface area contributed by atoms with Crippen molar-refractivity contribution >= 4 is 26.5 Å². The predicted molar refractivity (Wildman–Crippen MR) is 135 cm³/mol. The summed E-state index contributed by atoms with van der Waals surface area (Å²) in [4.78, 5) is 0. The van der Waals surface area contributed by atoms with E-state index >= 15 is 0 Å². The van der Waals surface area contributed by atoms with E-state index in [0.717, 1.165) is 22.6 Å². The highest BCUT2D eigenvalue weighted by atomic mass is 31.1. The Kier molecular flexibility index (Phi) is 5.31. The highest BCUT2D eigenvalue weighted by Crippen LogP contribution is 2.61. The largest absolute Gasteiger partial charge is 0.455 e. The molecule has 3 heteroatoms. The van der Waals surface area contributed by atoms with Gasteiger partial charge in [-0.1, -0.05) is 93.8 Å². The minimum atomic E-state index is -0.165. The maximum absolute atomic E-state index is 7.03. The first-order chi connectivity index (χ1) is 14.3. The average molecular weight is 439 g/mol. The Balaban J connectivity index is 1.68. The van der Waals surface area contributed by atoms with Crippen molar-refractivity contribution in [2.45, 2.75) is 95.3 Å². The number of hydrogen-bond donors (Lipinski definition) is 0. The quantitative estimate of drug-likeness (QED) is 0.442. The van der Waals surface area contributed by atoms with Gasteiger partial charge in [0.2, 0.25) is 0 Å². The molecule has 30 heavy (non-hydrogen) atoms. The van der Waals surface area contributed by atoms with Gasteiger partial charge in [0.25, 0.3) is 0 Å². The molecule has 2 aromatic carbocycles. The van der Waals surface area contributed by atoms with Gasteiger partial charge in [-0.05, 0) is 48.3 Å². The number of hydrogen-bond acceptors (Lipinski definition) is 1. The van der Waals surface area contributed by atoms with E-state index in [9.17, 15) is 0 Å². The van der Waals surface area contributed by atoms with Gasteiger partial charge in [0.1, 0.15) is 11.5 Å². The number of para-hydroxylation sites is 2. The van der Waals surface area contributed by atoms with Crippen molar-refractivity contribution in [1.29, 1.82) is 0 Å². The van der Waals surface area contributed by atoms with Crippen LogP contribution in [-0.4, -0.2) is 22.6 Å². The molecule has 0 aliphatic carbocycles. The molecule has 3 heterocycles. The molecule has 0 aromatic heterocycles. The van der Waals surface area contributed by atoms with Crippen LogP contribution in [0.15, 0.2) is 36.4 Å². The summed E-state index contributed by atoms with van der Waals surface area (Å²) in [6.07, 6.45) is 5.45. The van der Waals surface area contributed by atoms with Gasteiger partial charge in [0.15, 0.2) is 0 Å². The lowest BCUT2D eigenvalue weighted by molar-refractivity contribution is 0.424. The number of fused-ring (bicyclic) bond motifs is 2. The molecule has 160 valence electrons. The molecule has 4 atom stereocenters. The van der Waals surface area contributed by atoms with Gasteiger partial charge in [0.05, 0.1) is 0 Å². The van der Waals surface area contributed by atoms with Crippen LogP contribution in [-0.2, 0) is 5.41 Å². The zero-order chi connectivity index (χ0) is 21.2. The lowest BCUT2D eigenvalue weighted by Crippen LogP contribution is -2.31.